The number of aliphatic hydroxyl groups excluding tert-OH is 3. The van der Waals surface area contributed by atoms with Crippen LogP contribution in [0.1, 0.15) is 90.4 Å². The van der Waals surface area contributed by atoms with Gasteiger partial charge in [0.05, 0.1) is 6.61 Å². The minimum Gasteiger partial charge on any atom is -0.463 e. The van der Waals surface area contributed by atoms with Gasteiger partial charge in [0.25, 0.3) is 0 Å². The summed E-state index contributed by atoms with van der Waals surface area (Å²) in [6, 6.07) is 0. The number of ether oxygens (including phenoxy) is 2. The van der Waals surface area contributed by atoms with Crippen molar-refractivity contribution >= 4 is 5.97 Å². The maximum absolute atomic E-state index is 11.7. The van der Waals surface area contributed by atoms with Crippen molar-refractivity contribution in [2.24, 2.45) is 0 Å². The van der Waals surface area contributed by atoms with Gasteiger partial charge in [-0.15, -0.1) is 0 Å². The van der Waals surface area contributed by atoms with E-state index >= 15 is 0 Å². The van der Waals surface area contributed by atoms with Crippen LogP contribution in [0.5, 0.6) is 0 Å². The van der Waals surface area contributed by atoms with Gasteiger partial charge in [0.15, 0.2) is 0 Å². The topological polar surface area (TPSA) is 96.2 Å². The van der Waals surface area contributed by atoms with Gasteiger partial charge in [-0.3, -0.25) is 4.79 Å². The zero-order valence-corrected chi connectivity index (χ0v) is 18.1. The van der Waals surface area contributed by atoms with E-state index in [0.29, 0.717) is 6.42 Å². The summed E-state index contributed by atoms with van der Waals surface area (Å²) in [5.74, 6) is -0.348. The molecule has 1 aliphatic heterocycles. The van der Waals surface area contributed by atoms with Crippen LogP contribution in [-0.4, -0.2) is 58.9 Å². The summed E-state index contributed by atoms with van der Waals surface area (Å²) >= 11 is 0. The van der Waals surface area contributed by atoms with Gasteiger partial charge in [0, 0.05) is 6.42 Å². The second-order valence-corrected chi connectivity index (χ2v) is 8.09. The van der Waals surface area contributed by atoms with Crippen molar-refractivity contribution in [1.29, 1.82) is 0 Å². The molecule has 1 aliphatic rings. The van der Waals surface area contributed by atoms with E-state index in [1.165, 1.54) is 51.4 Å². The molecule has 0 aromatic carbocycles. The number of carbonyl (C=O) groups excluding carboxylic acids is 1. The number of hydrogen-bond acceptors (Lipinski definition) is 6. The first-order valence-electron chi connectivity index (χ1n) is 11.5. The Morgan fingerprint density at radius 3 is 2.17 bits per heavy atom. The third-order valence-corrected chi connectivity index (χ3v) is 5.38. The highest BCUT2D eigenvalue weighted by Crippen LogP contribution is 2.18. The second-order valence-electron chi connectivity index (χ2n) is 8.09. The lowest BCUT2D eigenvalue weighted by atomic mass is 10.1. The van der Waals surface area contributed by atoms with Gasteiger partial charge in [0.1, 0.15) is 31.0 Å². The van der Waals surface area contributed by atoms with Gasteiger partial charge in [0.2, 0.25) is 0 Å². The van der Waals surface area contributed by atoms with Crippen LogP contribution in [0.2, 0.25) is 0 Å². The molecule has 0 saturated carbocycles. The van der Waals surface area contributed by atoms with Crippen molar-refractivity contribution in [3.05, 3.63) is 12.2 Å². The molecule has 1 saturated heterocycles. The average molecular weight is 415 g/mol. The van der Waals surface area contributed by atoms with E-state index in [-0.39, 0.29) is 19.2 Å². The summed E-state index contributed by atoms with van der Waals surface area (Å²) in [5.41, 5.74) is 0. The number of esters is 1. The molecule has 0 aliphatic carbocycles. The summed E-state index contributed by atoms with van der Waals surface area (Å²) in [4.78, 5) is 11.7. The Hall–Kier alpha value is -0.950. The average Bonchev–Trinajstić information content (AvgIpc) is 3.05. The fourth-order valence-electron chi connectivity index (χ4n) is 3.47. The molecule has 6 nitrogen and oxygen atoms in total. The van der Waals surface area contributed by atoms with Crippen LogP contribution in [0.25, 0.3) is 0 Å². The van der Waals surface area contributed by atoms with Gasteiger partial charge >= 0.3 is 5.97 Å². The fraction of sp³-hybridized carbons (Fsp3) is 0.870. The normalized spacial score (nSPS) is 23.0. The predicted octanol–water partition coefficient (Wildman–Crippen LogP) is 3.66. The molecule has 0 bridgehead atoms. The van der Waals surface area contributed by atoms with Crippen molar-refractivity contribution in [2.75, 3.05) is 13.2 Å². The van der Waals surface area contributed by atoms with E-state index in [4.69, 9.17) is 9.47 Å². The molecule has 1 heterocycles. The zero-order chi connectivity index (χ0) is 21.3. The molecule has 6 heteroatoms. The van der Waals surface area contributed by atoms with E-state index in [0.717, 1.165) is 25.7 Å². The van der Waals surface area contributed by atoms with Crippen LogP contribution in [-0.2, 0) is 14.3 Å². The van der Waals surface area contributed by atoms with Crippen LogP contribution < -0.4 is 0 Å². The predicted molar refractivity (Wildman–Crippen MR) is 114 cm³/mol. The van der Waals surface area contributed by atoms with Gasteiger partial charge in [-0.2, -0.15) is 0 Å². The maximum atomic E-state index is 11.7. The lowest BCUT2D eigenvalue weighted by molar-refractivity contribution is -0.151. The molecule has 4 atom stereocenters. The van der Waals surface area contributed by atoms with Crippen molar-refractivity contribution in [3.8, 4) is 0 Å². The van der Waals surface area contributed by atoms with Gasteiger partial charge in [-0.05, 0) is 32.1 Å². The molecule has 0 aromatic heterocycles. The smallest absolute Gasteiger partial charge is 0.305 e. The molecular formula is C23H42O6. The van der Waals surface area contributed by atoms with E-state index < -0.39 is 24.4 Å². The molecule has 1 unspecified atom stereocenters. The lowest BCUT2D eigenvalue weighted by Crippen LogP contribution is -2.41. The first-order valence-corrected chi connectivity index (χ1v) is 11.5. The van der Waals surface area contributed by atoms with Crippen molar-refractivity contribution in [1.82, 2.24) is 0 Å². The molecule has 1 rings (SSSR count). The highest BCUT2D eigenvalue weighted by atomic mass is 16.6. The second kappa shape index (κ2) is 16.8. The Balaban J connectivity index is 1.89. The van der Waals surface area contributed by atoms with Gasteiger partial charge in [-0.1, -0.05) is 64.0 Å². The minimum absolute atomic E-state index is 0.0221. The van der Waals surface area contributed by atoms with Crippen molar-refractivity contribution in [2.45, 2.75) is 115 Å². The molecule has 0 spiro atoms. The van der Waals surface area contributed by atoms with E-state index in [1.807, 2.05) is 0 Å². The maximum Gasteiger partial charge on any atom is 0.305 e. The standard InChI is InChI=1S/C23H42O6/c1-2-3-4-5-6-7-8-9-10-11-12-13-14-15-16-21(26)28-18-20(25)23-22(27)19(24)17-29-23/h8-9,19-20,22-25,27H,2-7,10-18H2,1H3/t19-,20+,22+,23?/m0/s1. The van der Waals surface area contributed by atoms with Crippen LogP contribution >= 0.6 is 0 Å². The van der Waals surface area contributed by atoms with Crippen molar-refractivity contribution in [3.63, 3.8) is 0 Å². The number of unbranched alkanes of at least 4 members (excludes halogenated alkanes) is 10. The minimum atomic E-state index is -1.15. The Bertz CT molecular complexity index is 439. The Morgan fingerprint density at radius 1 is 1.00 bits per heavy atom. The van der Waals surface area contributed by atoms with Crippen LogP contribution in [0.15, 0.2) is 12.2 Å². The highest BCUT2D eigenvalue weighted by Gasteiger charge is 2.39. The van der Waals surface area contributed by atoms with Gasteiger partial charge < -0.3 is 24.8 Å². The molecular weight excluding hydrogens is 372 g/mol. The Morgan fingerprint density at radius 2 is 1.59 bits per heavy atom. The number of hydrogen-bond donors (Lipinski definition) is 3. The van der Waals surface area contributed by atoms with E-state index in [1.54, 1.807) is 0 Å². The third-order valence-electron chi connectivity index (χ3n) is 5.38. The molecule has 3 N–H and O–H groups in total. The fourth-order valence-corrected chi connectivity index (χ4v) is 3.47. The quantitative estimate of drug-likeness (QED) is 0.191. The van der Waals surface area contributed by atoms with Crippen LogP contribution in [0.4, 0.5) is 0 Å². The number of allylic oxidation sites excluding steroid dienone is 2. The van der Waals surface area contributed by atoms with E-state index in [2.05, 4.69) is 19.1 Å². The Kier molecular flexibility index (Phi) is 15.1. The monoisotopic (exact) mass is 414 g/mol. The SMILES string of the molecule is CCCCCCCC=CCCCCCCCC(=O)OC[C@@H](O)C1OC[C@H](O)[C@H]1O. The summed E-state index contributed by atoms with van der Waals surface area (Å²) in [6.45, 7) is 1.99. The molecule has 29 heavy (non-hydrogen) atoms. The summed E-state index contributed by atoms with van der Waals surface area (Å²) in [6.07, 6.45) is 15.0. The molecule has 170 valence electrons. The summed E-state index contributed by atoms with van der Waals surface area (Å²) < 4.78 is 10.2. The number of rotatable bonds is 17. The first-order chi connectivity index (χ1) is 14.1. The van der Waals surface area contributed by atoms with E-state index in [9.17, 15) is 20.1 Å². The molecule has 0 amide bonds. The van der Waals surface area contributed by atoms with Crippen molar-refractivity contribution < 1.29 is 29.6 Å². The van der Waals surface area contributed by atoms with Crippen LogP contribution in [0, 0.1) is 0 Å². The zero-order valence-electron chi connectivity index (χ0n) is 18.1. The Labute approximate surface area is 176 Å². The third kappa shape index (κ3) is 12.4. The van der Waals surface area contributed by atoms with Crippen LogP contribution in [0.3, 0.4) is 0 Å². The summed E-state index contributed by atoms with van der Waals surface area (Å²) in [7, 11) is 0. The lowest BCUT2D eigenvalue weighted by Gasteiger charge is -2.20. The van der Waals surface area contributed by atoms with Gasteiger partial charge in [-0.25, -0.2) is 0 Å². The molecule has 0 radical (unpaired) electrons. The largest absolute Gasteiger partial charge is 0.463 e. The number of aliphatic hydroxyl groups is 3. The molecule has 0 aromatic rings. The summed E-state index contributed by atoms with van der Waals surface area (Å²) in [5, 5.41) is 29.0. The highest BCUT2D eigenvalue weighted by molar-refractivity contribution is 5.69. The number of carbonyl (C=O) groups is 1. The molecule has 1 fully saturated rings. The first kappa shape index (κ1) is 26.1.